The first-order chi connectivity index (χ1) is 12.1. The van der Waals surface area contributed by atoms with Gasteiger partial charge in [-0.1, -0.05) is 36.4 Å². The highest BCUT2D eigenvalue weighted by Gasteiger charge is 2.43. The van der Waals surface area contributed by atoms with E-state index in [-0.39, 0.29) is 23.7 Å². The number of carbonyl (C=O) groups is 1. The van der Waals surface area contributed by atoms with Crippen LogP contribution >= 0.6 is 12.4 Å². The zero-order chi connectivity index (χ0) is 17.9. The van der Waals surface area contributed by atoms with Gasteiger partial charge in [0.15, 0.2) is 11.6 Å². The highest BCUT2D eigenvalue weighted by Crippen LogP contribution is 2.32. The van der Waals surface area contributed by atoms with Crippen LogP contribution in [-0.4, -0.2) is 37.3 Å². The Morgan fingerprint density at radius 3 is 2.65 bits per heavy atom. The summed E-state index contributed by atoms with van der Waals surface area (Å²) in [7, 11) is 1.32. The molecule has 1 aliphatic heterocycles. The fourth-order valence-electron chi connectivity index (χ4n) is 3.32. The molecule has 1 aliphatic rings. The number of β-amino-alcohol motifs (C(OH)–C–C–N with tert-alkyl or cyclic N) is 1. The number of carbonyl (C=O) groups excluding carboxylic acids is 1. The molecule has 1 amide bonds. The average molecular weight is 381 g/mol. The highest BCUT2D eigenvalue weighted by atomic mass is 35.5. The van der Waals surface area contributed by atoms with Gasteiger partial charge in [0.25, 0.3) is 5.91 Å². The topological polar surface area (TPSA) is 70.6 Å². The lowest BCUT2D eigenvalue weighted by Crippen LogP contribution is -2.61. The van der Waals surface area contributed by atoms with Crippen molar-refractivity contribution in [2.75, 3.05) is 20.2 Å². The van der Waals surface area contributed by atoms with Gasteiger partial charge in [0.05, 0.1) is 24.3 Å². The van der Waals surface area contributed by atoms with Crippen molar-refractivity contribution >= 4 is 18.3 Å². The molecule has 0 spiro atoms. The largest absolute Gasteiger partial charge is 0.493 e. The van der Waals surface area contributed by atoms with Gasteiger partial charge in [-0.15, -0.1) is 12.4 Å². The zero-order valence-corrected chi connectivity index (χ0v) is 15.2. The summed E-state index contributed by atoms with van der Waals surface area (Å²) in [5.41, 5.74) is -0.0303. The molecule has 0 aliphatic carbocycles. The van der Waals surface area contributed by atoms with Crippen molar-refractivity contribution in [3.05, 3.63) is 65.5 Å². The molecule has 2 aromatic rings. The van der Waals surface area contributed by atoms with Crippen molar-refractivity contribution < 1.29 is 19.0 Å². The molecule has 5 nitrogen and oxygen atoms in total. The van der Waals surface area contributed by atoms with Crippen LogP contribution in [0.1, 0.15) is 22.3 Å². The summed E-state index contributed by atoms with van der Waals surface area (Å²) in [5.74, 6) is -1.19. The first-order valence-electron chi connectivity index (χ1n) is 8.18. The number of ether oxygens (including phenoxy) is 1. The maximum atomic E-state index is 13.9. The maximum absolute atomic E-state index is 13.9. The molecule has 3 N–H and O–H groups in total. The number of piperidine rings is 1. The van der Waals surface area contributed by atoms with Gasteiger partial charge in [0.2, 0.25) is 0 Å². The fourth-order valence-corrected chi connectivity index (χ4v) is 3.32. The summed E-state index contributed by atoms with van der Waals surface area (Å²) in [6.45, 7) is 1.00. The molecule has 1 fully saturated rings. The number of amides is 1. The predicted octanol–water partition coefficient (Wildman–Crippen LogP) is 2.24. The maximum Gasteiger partial charge on any atom is 0.255 e. The third kappa shape index (κ3) is 3.67. The van der Waals surface area contributed by atoms with E-state index in [2.05, 4.69) is 10.6 Å². The second-order valence-corrected chi connectivity index (χ2v) is 6.08. The van der Waals surface area contributed by atoms with Crippen molar-refractivity contribution in [3.8, 4) is 5.75 Å². The van der Waals surface area contributed by atoms with Gasteiger partial charge in [0.1, 0.15) is 0 Å². The van der Waals surface area contributed by atoms with Crippen LogP contribution in [0.4, 0.5) is 4.39 Å². The molecular formula is C19H22ClFN2O3. The van der Waals surface area contributed by atoms with Crippen LogP contribution in [0.25, 0.3) is 0 Å². The summed E-state index contributed by atoms with van der Waals surface area (Å²) in [6.07, 6.45) is -0.297. The molecule has 0 aromatic heterocycles. The second kappa shape index (κ2) is 8.49. The first kappa shape index (κ1) is 20.2. The van der Waals surface area contributed by atoms with E-state index in [9.17, 15) is 14.3 Å². The van der Waals surface area contributed by atoms with Crippen molar-refractivity contribution in [2.45, 2.75) is 18.1 Å². The van der Waals surface area contributed by atoms with Crippen molar-refractivity contribution in [1.82, 2.24) is 10.6 Å². The molecule has 0 bridgehead atoms. The van der Waals surface area contributed by atoms with Crippen molar-refractivity contribution in [3.63, 3.8) is 0 Å². The van der Waals surface area contributed by atoms with E-state index >= 15 is 0 Å². The molecular weight excluding hydrogens is 359 g/mol. The Bertz CT molecular complexity index is 760. The molecule has 1 saturated heterocycles. The van der Waals surface area contributed by atoms with E-state index in [0.29, 0.717) is 19.5 Å². The van der Waals surface area contributed by atoms with Crippen LogP contribution in [0.5, 0.6) is 5.75 Å². The van der Waals surface area contributed by atoms with Gasteiger partial charge in [0, 0.05) is 6.54 Å². The minimum Gasteiger partial charge on any atom is -0.493 e. The van der Waals surface area contributed by atoms with E-state index in [4.69, 9.17) is 4.74 Å². The van der Waals surface area contributed by atoms with Gasteiger partial charge in [-0.3, -0.25) is 4.79 Å². The number of aliphatic hydroxyl groups is 1. The quantitative estimate of drug-likeness (QED) is 0.760. The summed E-state index contributed by atoms with van der Waals surface area (Å²) < 4.78 is 19.0. The summed E-state index contributed by atoms with van der Waals surface area (Å²) in [6, 6.07) is 13.5. The normalized spacial score (nSPS) is 22.2. The number of benzene rings is 2. The van der Waals surface area contributed by atoms with E-state index in [1.807, 2.05) is 30.3 Å². The number of aliphatic hydroxyl groups excluding tert-OH is 1. The molecule has 0 saturated carbocycles. The van der Waals surface area contributed by atoms with Gasteiger partial charge in [-0.25, -0.2) is 4.39 Å². The van der Waals surface area contributed by atoms with E-state index < -0.39 is 23.4 Å². The Labute approximate surface area is 158 Å². The lowest BCUT2D eigenvalue weighted by atomic mass is 9.79. The Kier molecular flexibility index (Phi) is 6.58. The molecule has 140 valence electrons. The lowest BCUT2D eigenvalue weighted by molar-refractivity contribution is 0.0288. The average Bonchev–Trinajstić information content (AvgIpc) is 2.64. The SMILES string of the molecule is COc1c(F)cccc1C(=O)N[C@]1(c2ccccc2)CCNC[C@H]1O.Cl. The van der Waals surface area contributed by atoms with E-state index in [1.165, 1.54) is 25.3 Å². The third-order valence-corrected chi connectivity index (χ3v) is 4.64. The molecule has 0 radical (unpaired) electrons. The number of para-hydroxylation sites is 1. The van der Waals surface area contributed by atoms with Gasteiger partial charge in [-0.05, 0) is 30.7 Å². The minimum absolute atomic E-state index is 0. The first-order valence-corrected chi connectivity index (χ1v) is 8.18. The van der Waals surface area contributed by atoms with Gasteiger partial charge < -0.3 is 20.5 Å². The number of rotatable bonds is 4. The number of methoxy groups -OCH3 is 1. The molecule has 1 heterocycles. The van der Waals surface area contributed by atoms with Crippen LogP contribution < -0.4 is 15.4 Å². The Hall–Kier alpha value is -2.15. The summed E-state index contributed by atoms with van der Waals surface area (Å²) >= 11 is 0. The lowest BCUT2D eigenvalue weighted by Gasteiger charge is -2.43. The third-order valence-electron chi connectivity index (χ3n) is 4.64. The molecule has 3 rings (SSSR count). The predicted molar refractivity (Wildman–Crippen MR) is 99.3 cm³/mol. The molecule has 26 heavy (non-hydrogen) atoms. The van der Waals surface area contributed by atoms with Gasteiger partial charge in [-0.2, -0.15) is 0 Å². The minimum atomic E-state index is -0.944. The monoisotopic (exact) mass is 380 g/mol. The van der Waals surface area contributed by atoms with E-state index in [0.717, 1.165) is 5.56 Å². The Balaban J connectivity index is 0.00000243. The molecule has 2 atom stereocenters. The summed E-state index contributed by atoms with van der Waals surface area (Å²) in [4.78, 5) is 12.9. The standard InChI is InChI=1S/C19H21FN2O3.ClH/c1-25-17-14(8-5-9-15(17)20)18(24)22-19(10-11-21-12-16(19)23)13-6-3-2-4-7-13;/h2-9,16,21,23H,10-12H2,1H3,(H,22,24);1H/t16-,19+;/m1./s1. The second-order valence-electron chi connectivity index (χ2n) is 6.08. The van der Waals surface area contributed by atoms with Crippen LogP contribution in [0.15, 0.2) is 48.5 Å². The number of halogens is 2. The van der Waals surface area contributed by atoms with Crippen LogP contribution in [0.2, 0.25) is 0 Å². The van der Waals surface area contributed by atoms with Crippen molar-refractivity contribution in [2.24, 2.45) is 0 Å². The highest BCUT2D eigenvalue weighted by molar-refractivity contribution is 5.97. The smallest absolute Gasteiger partial charge is 0.255 e. The number of hydrogen-bond acceptors (Lipinski definition) is 4. The Morgan fingerprint density at radius 2 is 2.00 bits per heavy atom. The number of hydrogen-bond donors (Lipinski definition) is 3. The Morgan fingerprint density at radius 1 is 1.27 bits per heavy atom. The summed E-state index contributed by atoms with van der Waals surface area (Å²) in [5, 5.41) is 16.7. The molecule has 7 heteroatoms. The molecule has 2 aromatic carbocycles. The van der Waals surface area contributed by atoms with Crippen molar-refractivity contribution in [1.29, 1.82) is 0 Å². The van der Waals surface area contributed by atoms with Crippen LogP contribution in [-0.2, 0) is 5.54 Å². The fraction of sp³-hybridized carbons (Fsp3) is 0.316. The van der Waals surface area contributed by atoms with Gasteiger partial charge >= 0.3 is 0 Å². The number of nitrogens with one attached hydrogen (secondary N) is 2. The molecule has 0 unspecified atom stereocenters. The van der Waals surface area contributed by atoms with Crippen LogP contribution in [0, 0.1) is 5.82 Å². The zero-order valence-electron chi connectivity index (χ0n) is 14.4. The van der Waals surface area contributed by atoms with Crippen LogP contribution in [0.3, 0.4) is 0 Å². The van der Waals surface area contributed by atoms with E-state index in [1.54, 1.807) is 0 Å².